The SMILES string of the molecule is Cc1nc(CNc2ccc(Cl)cc2Br)cs1. The van der Waals surface area contributed by atoms with E-state index in [2.05, 4.69) is 31.6 Å². The minimum atomic E-state index is 0.724. The summed E-state index contributed by atoms with van der Waals surface area (Å²) < 4.78 is 0.965. The molecule has 0 aliphatic carbocycles. The molecule has 16 heavy (non-hydrogen) atoms. The van der Waals surface area contributed by atoms with Gasteiger partial charge in [0.1, 0.15) is 0 Å². The molecule has 1 aromatic heterocycles. The molecule has 0 aliphatic rings. The van der Waals surface area contributed by atoms with Gasteiger partial charge in [-0.15, -0.1) is 11.3 Å². The number of benzene rings is 1. The first-order chi connectivity index (χ1) is 7.65. The van der Waals surface area contributed by atoms with Crippen molar-refractivity contribution in [2.75, 3.05) is 5.32 Å². The van der Waals surface area contributed by atoms with Crippen molar-refractivity contribution in [3.8, 4) is 0 Å². The lowest BCUT2D eigenvalue weighted by Gasteiger charge is -2.07. The molecule has 0 fully saturated rings. The van der Waals surface area contributed by atoms with E-state index < -0.39 is 0 Å². The van der Waals surface area contributed by atoms with E-state index in [0.717, 1.165) is 32.4 Å². The highest BCUT2D eigenvalue weighted by Crippen LogP contribution is 2.26. The van der Waals surface area contributed by atoms with Gasteiger partial charge < -0.3 is 5.32 Å². The zero-order valence-corrected chi connectivity index (χ0v) is 11.8. The van der Waals surface area contributed by atoms with Crippen LogP contribution in [-0.4, -0.2) is 4.98 Å². The van der Waals surface area contributed by atoms with Crippen LogP contribution in [0.5, 0.6) is 0 Å². The molecule has 0 spiro atoms. The van der Waals surface area contributed by atoms with Gasteiger partial charge in [-0.05, 0) is 41.1 Å². The minimum Gasteiger partial charge on any atom is -0.378 e. The lowest BCUT2D eigenvalue weighted by molar-refractivity contribution is 1.05. The monoisotopic (exact) mass is 316 g/mol. The summed E-state index contributed by atoms with van der Waals surface area (Å²) in [5, 5.41) is 7.18. The molecule has 5 heteroatoms. The van der Waals surface area contributed by atoms with Crippen molar-refractivity contribution in [1.29, 1.82) is 0 Å². The Hall–Kier alpha value is -0.580. The van der Waals surface area contributed by atoms with Crippen LogP contribution in [0.4, 0.5) is 5.69 Å². The summed E-state index contributed by atoms with van der Waals surface area (Å²) in [6.07, 6.45) is 0. The van der Waals surface area contributed by atoms with Crippen LogP contribution in [0.2, 0.25) is 5.02 Å². The van der Waals surface area contributed by atoms with Crippen LogP contribution in [0, 0.1) is 6.92 Å². The van der Waals surface area contributed by atoms with Gasteiger partial charge in [-0.3, -0.25) is 0 Å². The molecule has 84 valence electrons. The van der Waals surface area contributed by atoms with Crippen molar-refractivity contribution in [3.05, 3.63) is 43.8 Å². The van der Waals surface area contributed by atoms with E-state index in [-0.39, 0.29) is 0 Å². The van der Waals surface area contributed by atoms with Crippen LogP contribution in [0.3, 0.4) is 0 Å². The van der Waals surface area contributed by atoms with Crippen molar-refractivity contribution in [2.24, 2.45) is 0 Å². The maximum absolute atomic E-state index is 5.87. The van der Waals surface area contributed by atoms with E-state index >= 15 is 0 Å². The van der Waals surface area contributed by atoms with Crippen molar-refractivity contribution in [1.82, 2.24) is 4.98 Å². The van der Waals surface area contributed by atoms with Crippen LogP contribution in [0.1, 0.15) is 10.7 Å². The number of hydrogen-bond acceptors (Lipinski definition) is 3. The summed E-state index contributed by atoms with van der Waals surface area (Å²) in [7, 11) is 0. The summed E-state index contributed by atoms with van der Waals surface area (Å²) >= 11 is 11.0. The molecular formula is C11H10BrClN2S. The van der Waals surface area contributed by atoms with Gasteiger partial charge in [0.2, 0.25) is 0 Å². The Morgan fingerprint density at radius 1 is 1.50 bits per heavy atom. The molecule has 1 aromatic carbocycles. The van der Waals surface area contributed by atoms with Gasteiger partial charge in [0.05, 0.1) is 17.2 Å². The number of nitrogens with one attached hydrogen (secondary N) is 1. The topological polar surface area (TPSA) is 24.9 Å². The summed E-state index contributed by atoms with van der Waals surface area (Å²) in [5.41, 5.74) is 2.08. The highest BCUT2D eigenvalue weighted by atomic mass is 79.9. The number of nitrogens with zero attached hydrogens (tertiary/aromatic N) is 1. The standard InChI is InChI=1S/C11H10BrClN2S/c1-7-15-9(6-16-7)5-14-11-3-2-8(13)4-10(11)12/h2-4,6,14H,5H2,1H3. The fraction of sp³-hybridized carbons (Fsp3) is 0.182. The third-order valence-corrected chi connectivity index (χ3v) is 3.77. The van der Waals surface area contributed by atoms with E-state index in [1.807, 2.05) is 25.1 Å². The van der Waals surface area contributed by atoms with Crippen molar-refractivity contribution < 1.29 is 0 Å². The third kappa shape index (κ3) is 2.97. The largest absolute Gasteiger partial charge is 0.378 e. The second kappa shape index (κ2) is 5.17. The zero-order chi connectivity index (χ0) is 11.5. The van der Waals surface area contributed by atoms with E-state index in [1.165, 1.54) is 0 Å². The van der Waals surface area contributed by atoms with Gasteiger partial charge in [0.15, 0.2) is 0 Å². The summed E-state index contributed by atoms with van der Waals surface area (Å²) in [5.74, 6) is 0. The number of thiazole rings is 1. The van der Waals surface area contributed by atoms with Crippen LogP contribution < -0.4 is 5.32 Å². The maximum Gasteiger partial charge on any atom is 0.0898 e. The van der Waals surface area contributed by atoms with E-state index in [1.54, 1.807) is 11.3 Å². The molecule has 0 bridgehead atoms. The second-order valence-electron chi connectivity index (χ2n) is 3.34. The highest BCUT2D eigenvalue weighted by Gasteiger charge is 2.02. The Morgan fingerprint density at radius 2 is 2.31 bits per heavy atom. The first-order valence-electron chi connectivity index (χ1n) is 4.75. The lowest BCUT2D eigenvalue weighted by Crippen LogP contribution is -2.00. The Kier molecular flexibility index (Phi) is 3.84. The number of aromatic nitrogens is 1. The van der Waals surface area contributed by atoms with Crippen molar-refractivity contribution >= 4 is 44.6 Å². The molecule has 0 unspecified atom stereocenters. The maximum atomic E-state index is 5.87. The summed E-state index contributed by atoms with van der Waals surface area (Å²) in [6, 6.07) is 5.68. The van der Waals surface area contributed by atoms with Gasteiger partial charge in [-0.2, -0.15) is 0 Å². The first-order valence-corrected chi connectivity index (χ1v) is 6.80. The number of halogens is 2. The molecule has 0 saturated carbocycles. The predicted molar refractivity (Wildman–Crippen MR) is 73.3 cm³/mol. The van der Waals surface area contributed by atoms with E-state index in [4.69, 9.17) is 11.6 Å². The normalized spacial score (nSPS) is 10.4. The number of aryl methyl sites for hydroxylation is 1. The van der Waals surface area contributed by atoms with Gasteiger partial charge >= 0.3 is 0 Å². The Bertz CT molecular complexity index is 498. The average molecular weight is 318 g/mol. The molecule has 1 heterocycles. The van der Waals surface area contributed by atoms with E-state index in [9.17, 15) is 0 Å². The van der Waals surface area contributed by atoms with Crippen LogP contribution in [0.15, 0.2) is 28.1 Å². The Labute approximate surface area is 112 Å². The Balaban J connectivity index is 2.04. The molecule has 0 atom stereocenters. The third-order valence-electron chi connectivity index (χ3n) is 2.06. The molecular weight excluding hydrogens is 308 g/mol. The average Bonchev–Trinajstić information content (AvgIpc) is 2.63. The fourth-order valence-electron chi connectivity index (χ4n) is 1.31. The van der Waals surface area contributed by atoms with Crippen molar-refractivity contribution in [3.63, 3.8) is 0 Å². The molecule has 2 aromatic rings. The van der Waals surface area contributed by atoms with Crippen LogP contribution >= 0.6 is 38.9 Å². The highest BCUT2D eigenvalue weighted by molar-refractivity contribution is 9.10. The minimum absolute atomic E-state index is 0.724. The van der Waals surface area contributed by atoms with E-state index in [0.29, 0.717) is 0 Å². The van der Waals surface area contributed by atoms with Gasteiger partial charge in [-0.25, -0.2) is 4.98 Å². The lowest BCUT2D eigenvalue weighted by atomic mass is 10.3. The number of anilines is 1. The predicted octanol–water partition coefficient (Wildman–Crippen LogP) is 4.48. The smallest absolute Gasteiger partial charge is 0.0898 e. The molecule has 0 radical (unpaired) electrons. The first kappa shape index (κ1) is 11.9. The quantitative estimate of drug-likeness (QED) is 0.903. The fourth-order valence-corrected chi connectivity index (χ4v) is 2.74. The summed E-state index contributed by atoms with van der Waals surface area (Å²) in [6.45, 7) is 2.73. The van der Waals surface area contributed by atoms with Gasteiger partial charge in [-0.1, -0.05) is 11.6 Å². The number of rotatable bonds is 3. The Morgan fingerprint density at radius 3 is 2.94 bits per heavy atom. The second-order valence-corrected chi connectivity index (χ2v) is 5.69. The van der Waals surface area contributed by atoms with Crippen LogP contribution in [0.25, 0.3) is 0 Å². The molecule has 1 N–H and O–H groups in total. The number of hydrogen-bond donors (Lipinski definition) is 1. The molecule has 2 rings (SSSR count). The molecule has 0 saturated heterocycles. The van der Waals surface area contributed by atoms with Crippen molar-refractivity contribution in [2.45, 2.75) is 13.5 Å². The molecule has 2 nitrogen and oxygen atoms in total. The zero-order valence-electron chi connectivity index (χ0n) is 8.63. The molecule has 0 amide bonds. The molecule has 0 aliphatic heterocycles. The van der Waals surface area contributed by atoms with Gasteiger partial charge in [0, 0.05) is 20.6 Å². The summed E-state index contributed by atoms with van der Waals surface area (Å²) in [4.78, 5) is 4.39. The van der Waals surface area contributed by atoms with Gasteiger partial charge in [0.25, 0.3) is 0 Å². The van der Waals surface area contributed by atoms with Crippen LogP contribution in [-0.2, 0) is 6.54 Å².